The van der Waals surface area contributed by atoms with Crippen LogP contribution in [0.15, 0.2) is 16.6 Å². The molecule has 0 aliphatic carbocycles. The van der Waals surface area contributed by atoms with E-state index in [-0.39, 0.29) is 15.8 Å². The fraction of sp³-hybridized carbons (Fsp3) is 0.222. The van der Waals surface area contributed by atoms with Crippen molar-refractivity contribution in [2.24, 2.45) is 5.73 Å². The molecule has 4 nitrogen and oxygen atoms in total. The minimum Gasteiger partial charge on any atom is -0.507 e. The first kappa shape index (κ1) is 11.9. The Hall–Kier alpha value is -1.14. The van der Waals surface area contributed by atoms with Crippen molar-refractivity contribution < 1.29 is 19.4 Å². The minimum atomic E-state index is -1.15. The third kappa shape index (κ3) is 2.66. The molecule has 1 atom stereocenters. The minimum absolute atomic E-state index is 0.135. The summed E-state index contributed by atoms with van der Waals surface area (Å²) in [4.78, 5) is 10.4. The van der Waals surface area contributed by atoms with Crippen LogP contribution < -0.4 is 5.73 Å². The van der Waals surface area contributed by atoms with E-state index in [9.17, 15) is 14.3 Å². The first-order valence-corrected chi connectivity index (χ1v) is 4.87. The van der Waals surface area contributed by atoms with E-state index < -0.39 is 24.2 Å². The fourth-order valence-corrected chi connectivity index (χ4v) is 1.54. The monoisotopic (exact) mass is 277 g/mol. The van der Waals surface area contributed by atoms with Crippen LogP contribution in [-0.2, 0) is 4.79 Å². The Morgan fingerprint density at radius 2 is 2.20 bits per heavy atom. The van der Waals surface area contributed by atoms with Gasteiger partial charge in [0, 0.05) is 11.6 Å². The highest BCUT2D eigenvalue weighted by molar-refractivity contribution is 9.10. The number of aromatic hydroxyl groups is 1. The first-order valence-electron chi connectivity index (χ1n) is 4.07. The van der Waals surface area contributed by atoms with Crippen molar-refractivity contribution in [1.29, 1.82) is 0 Å². The molecule has 1 rings (SSSR count). The van der Waals surface area contributed by atoms with Gasteiger partial charge in [0.1, 0.15) is 11.6 Å². The average Bonchev–Trinajstić information content (AvgIpc) is 2.11. The van der Waals surface area contributed by atoms with Gasteiger partial charge < -0.3 is 15.9 Å². The lowest BCUT2D eigenvalue weighted by atomic mass is 10.0. The van der Waals surface area contributed by atoms with Gasteiger partial charge in [-0.2, -0.15) is 0 Å². The van der Waals surface area contributed by atoms with Crippen molar-refractivity contribution in [3.63, 3.8) is 0 Å². The molecule has 6 heteroatoms. The van der Waals surface area contributed by atoms with E-state index in [2.05, 4.69) is 15.9 Å². The summed E-state index contributed by atoms with van der Waals surface area (Å²) in [5.41, 5.74) is 5.28. The van der Waals surface area contributed by atoms with Crippen LogP contribution in [0.4, 0.5) is 4.39 Å². The Balaban J connectivity index is 3.12. The fourth-order valence-electron chi connectivity index (χ4n) is 1.20. The number of nitrogens with two attached hydrogens (primary N) is 1. The number of phenols is 1. The largest absolute Gasteiger partial charge is 0.507 e. The second-order valence-corrected chi connectivity index (χ2v) is 3.85. The number of phenolic OH excluding ortho intramolecular Hbond substituents is 1. The van der Waals surface area contributed by atoms with Gasteiger partial charge in [0.15, 0.2) is 0 Å². The molecule has 15 heavy (non-hydrogen) atoms. The maximum Gasteiger partial charge on any atom is 0.305 e. The molecule has 1 aromatic carbocycles. The number of carboxylic acid groups (broad SMARTS) is 1. The second-order valence-electron chi connectivity index (χ2n) is 3.00. The smallest absolute Gasteiger partial charge is 0.305 e. The Morgan fingerprint density at radius 1 is 1.60 bits per heavy atom. The lowest BCUT2D eigenvalue weighted by molar-refractivity contribution is -0.137. The Morgan fingerprint density at radius 3 is 2.73 bits per heavy atom. The second kappa shape index (κ2) is 4.59. The van der Waals surface area contributed by atoms with Crippen LogP contribution >= 0.6 is 15.9 Å². The zero-order chi connectivity index (χ0) is 11.6. The van der Waals surface area contributed by atoms with Crippen molar-refractivity contribution in [1.82, 2.24) is 0 Å². The predicted molar refractivity (Wildman–Crippen MR) is 54.9 cm³/mol. The molecule has 0 heterocycles. The lowest BCUT2D eigenvalue weighted by Crippen LogP contribution is -2.16. The predicted octanol–water partition coefficient (Wildman–Crippen LogP) is 1.77. The summed E-state index contributed by atoms with van der Waals surface area (Å²) in [6, 6.07) is 1.51. The van der Waals surface area contributed by atoms with Gasteiger partial charge in [0.25, 0.3) is 0 Å². The van der Waals surface area contributed by atoms with Crippen LogP contribution in [0.1, 0.15) is 18.0 Å². The Labute approximate surface area is 93.6 Å². The van der Waals surface area contributed by atoms with Crippen molar-refractivity contribution in [3.05, 3.63) is 28.0 Å². The summed E-state index contributed by atoms with van der Waals surface area (Å²) in [6.45, 7) is 0. The van der Waals surface area contributed by atoms with E-state index in [0.717, 1.165) is 0 Å². The summed E-state index contributed by atoms with van der Waals surface area (Å²) >= 11 is 2.93. The number of halogens is 2. The molecule has 0 fully saturated rings. The molecule has 0 aliphatic heterocycles. The van der Waals surface area contributed by atoms with Crippen molar-refractivity contribution in [3.8, 4) is 5.75 Å². The molecule has 1 unspecified atom stereocenters. The molecule has 0 bridgehead atoms. The first-order chi connectivity index (χ1) is 6.93. The number of benzene rings is 1. The van der Waals surface area contributed by atoms with Crippen LogP contribution in [0.5, 0.6) is 5.75 Å². The van der Waals surface area contributed by atoms with Gasteiger partial charge in [-0.3, -0.25) is 4.79 Å². The molecule has 0 radical (unpaired) electrons. The quantitative estimate of drug-likeness (QED) is 0.786. The van der Waals surface area contributed by atoms with Gasteiger partial charge >= 0.3 is 5.97 Å². The number of carbonyl (C=O) groups is 1. The van der Waals surface area contributed by atoms with Gasteiger partial charge in [0.2, 0.25) is 0 Å². The van der Waals surface area contributed by atoms with E-state index in [0.29, 0.717) is 0 Å². The van der Waals surface area contributed by atoms with Gasteiger partial charge in [-0.05, 0) is 28.1 Å². The molecule has 0 spiro atoms. The van der Waals surface area contributed by atoms with E-state index in [1.54, 1.807) is 0 Å². The van der Waals surface area contributed by atoms with Gasteiger partial charge in [-0.1, -0.05) is 0 Å². The van der Waals surface area contributed by atoms with Gasteiger partial charge in [-0.25, -0.2) is 4.39 Å². The molecule has 1 aromatic rings. The topological polar surface area (TPSA) is 83.6 Å². The number of rotatable bonds is 3. The molecular weight excluding hydrogens is 269 g/mol. The molecule has 0 saturated carbocycles. The van der Waals surface area contributed by atoms with E-state index in [1.165, 1.54) is 12.1 Å². The van der Waals surface area contributed by atoms with Crippen molar-refractivity contribution >= 4 is 21.9 Å². The highest BCUT2D eigenvalue weighted by Crippen LogP contribution is 2.31. The van der Waals surface area contributed by atoms with E-state index >= 15 is 0 Å². The molecule has 82 valence electrons. The summed E-state index contributed by atoms with van der Waals surface area (Å²) < 4.78 is 13.6. The molecule has 0 aliphatic rings. The Kier molecular flexibility index (Phi) is 3.65. The standard InChI is InChI=1S/C9H9BrFNO3/c10-4-1-2-6(13)8(9(4)11)5(12)3-7(14)15/h1-2,5,13H,3,12H2,(H,14,15). The van der Waals surface area contributed by atoms with Crippen LogP contribution in [0.2, 0.25) is 0 Å². The third-order valence-corrected chi connectivity index (χ3v) is 2.49. The van der Waals surface area contributed by atoms with Crippen molar-refractivity contribution in [2.45, 2.75) is 12.5 Å². The zero-order valence-corrected chi connectivity index (χ0v) is 9.16. The third-order valence-electron chi connectivity index (χ3n) is 1.87. The number of hydrogen-bond donors (Lipinski definition) is 3. The van der Waals surface area contributed by atoms with Crippen LogP contribution in [0.25, 0.3) is 0 Å². The maximum atomic E-state index is 13.5. The lowest BCUT2D eigenvalue weighted by Gasteiger charge is -2.13. The molecular formula is C9H9BrFNO3. The number of carboxylic acids is 1. The van der Waals surface area contributed by atoms with Crippen LogP contribution in [-0.4, -0.2) is 16.2 Å². The Bertz CT molecular complexity index is 397. The number of aliphatic carboxylic acids is 1. The molecule has 4 N–H and O–H groups in total. The zero-order valence-electron chi connectivity index (χ0n) is 7.58. The van der Waals surface area contributed by atoms with Crippen LogP contribution in [0.3, 0.4) is 0 Å². The normalized spacial score (nSPS) is 12.5. The molecule has 0 saturated heterocycles. The summed E-state index contributed by atoms with van der Waals surface area (Å²) in [7, 11) is 0. The highest BCUT2D eigenvalue weighted by atomic mass is 79.9. The molecule has 0 amide bonds. The van der Waals surface area contributed by atoms with Crippen LogP contribution in [0, 0.1) is 5.82 Å². The average molecular weight is 278 g/mol. The van der Waals surface area contributed by atoms with Gasteiger partial charge in [0.05, 0.1) is 10.9 Å². The molecule has 0 aromatic heterocycles. The number of hydrogen-bond acceptors (Lipinski definition) is 3. The maximum absolute atomic E-state index is 13.5. The summed E-state index contributed by atoms with van der Waals surface area (Å²) in [5, 5.41) is 17.9. The SMILES string of the molecule is NC(CC(=O)O)c1c(O)ccc(Br)c1F. The summed E-state index contributed by atoms with van der Waals surface area (Å²) in [5.74, 6) is -2.23. The van der Waals surface area contributed by atoms with Crippen molar-refractivity contribution in [2.75, 3.05) is 0 Å². The van der Waals surface area contributed by atoms with Gasteiger partial charge in [-0.15, -0.1) is 0 Å². The highest BCUT2D eigenvalue weighted by Gasteiger charge is 2.20. The van der Waals surface area contributed by atoms with E-state index in [4.69, 9.17) is 10.8 Å². The summed E-state index contributed by atoms with van der Waals surface area (Å²) in [6.07, 6.45) is -0.444. The van der Waals surface area contributed by atoms with E-state index in [1.807, 2.05) is 0 Å².